The SMILES string of the molecule is Cl.NC[C@@H]1C[C@H]1C1CCC1. The molecule has 10 heavy (non-hydrogen) atoms. The van der Waals surface area contributed by atoms with Gasteiger partial charge in [0.1, 0.15) is 0 Å². The largest absolute Gasteiger partial charge is 0.330 e. The minimum atomic E-state index is 0. The molecule has 2 atom stereocenters. The van der Waals surface area contributed by atoms with E-state index in [1.54, 1.807) is 0 Å². The second-order valence-corrected chi connectivity index (χ2v) is 3.59. The molecule has 0 unspecified atom stereocenters. The van der Waals surface area contributed by atoms with Crippen molar-refractivity contribution in [3.05, 3.63) is 0 Å². The van der Waals surface area contributed by atoms with Gasteiger partial charge in [0.05, 0.1) is 0 Å². The van der Waals surface area contributed by atoms with Crippen LogP contribution >= 0.6 is 12.4 Å². The molecule has 1 nitrogen and oxygen atoms in total. The summed E-state index contributed by atoms with van der Waals surface area (Å²) in [6.45, 7) is 0.946. The van der Waals surface area contributed by atoms with Gasteiger partial charge in [0.15, 0.2) is 0 Å². The van der Waals surface area contributed by atoms with E-state index in [-0.39, 0.29) is 12.4 Å². The molecule has 2 rings (SSSR count). The van der Waals surface area contributed by atoms with Crippen LogP contribution in [0.5, 0.6) is 0 Å². The van der Waals surface area contributed by atoms with Gasteiger partial charge in [0, 0.05) is 0 Å². The number of nitrogens with two attached hydrogens (primary N) is 1. The van der Waals surface area contributed by atoms with Crippen LogP contribution in [0.4, 0.5) is 0 Å². The monoisotopic (exact) mass is 161 g/mol. The van der Waals surface area contributed by atoms with E-state index in [0.717, 1.165) is 24.3 Å². The molecule has 0 aromatic heterocycles. The van der Waals surface area contributed by atoms with Gasteiger partial charge in [-0.15, -0.1) is 12.4 Å². The van der Waals surface area contributed by atoms with E-state index in [9.17, 15) is 0 Å². The van der Waals surface area contributed by atoms with E-state index in [4.69, 9.17) is 5.73 Å². The summed E-state index contributed by atoms with van der Waals surface area (Å²) >= 11 is 0. The highest BCUT2D eigenvalue weighted by atomic mass is 35.5. The Morgan fingerprint density at radius 1 is 1.30 bits per heavy atom. The van der Waals surface area contributed by atoms with Crippen LogP contribution in [0.2, 0.25) is 0 Å². The van der Waals surface area contributed by atoms with Gasteiger partial charge in [-0.05, 0) is 30.7 Å². The van der Waals surface area contributed by atoms with Crippen LogP contribution in [0.3, 0.4) is 0 Å². The van der Waals surface area contributed by atoms with Gasteiger partial charge in [-0.1, -0.05) is 19.3 Å². The minimum Gasteiger partial charge on any atom is -0.330 e. The van der Waals surface area contributed by atoms with Crippen molar-refractivity contribution in [3.8, 4) is 0 Å². The van der Waals surface area contributed by atoms with Crippen LogP contribution in [0.25, 0.3) is 0 Å². The van der Waals surface area contributed by atoms with Gasteiger partial charge in [0.25, 0.3) is 0 Å². The topological polar surface area (TPSA) is 26.0 Å². The van der Waals surface area contributed by atoms with Crippen LogP contribution in [-0.4, -0.2) is 6.54 Å². The fourth-order valence-electron chi connectivity index (χ4n) is 1.99. The molecular weight excluding hydrogens is 146 g/mol. The van der Waals surface area contributed by atoms with Crippen molar-refractivity contribution in [2.45, 2.75) is 25.7 Å². The maximum atomic E-state index is 5.54. The molecule has 0 aromatic carbocycles. The maximum absolute atomic E-state index is 5.54. The lowest BCUT2D eigenvalue weighted by Crippen LogP contribution is -2.16. The summed E-state index contributed by atoms with van der Waals surface area (Å²) in [6, 6.07) is 0. The molecule has 2 fully saturated rings. The summed E-state index contributed by atoms with van der Waals surface area (Å²) in [4.78, 5) is 0. The molecule has 2 aliphatic rings. The molecule has 0 aliphatic heterocycles. The maximum Gasteiger partial charge on any atom is -0.00460 e. The zero-order valence-corrected chi connectivity index (χ0v) is 7.07. The van der Waals surface area contributed by atoms with Crippen LogP contribution < -0.4 is 5.73 Å². The Morgan fingerprint density at radius 2 is 2.00 bits per heavy atom. The highest BCUT2D eigenvalue weighted by Gasteiger charge is 2.43. The lowest BCUT2D eigenvalue weighted by molar-refractivity contribution is 0.266. The standard InChI is InChI=1S/C8H15N.ClH/c9-5-7-4-8(7)6-2-1-3-6;/h6-8H,1-5,9H2;1H/t7-,8-;/m0./s1. The predicted octanol–water partition coefficient (Wildman–Crippen LogP) is 1.80. The molecular formula is C8H16ClN. The summed E-state index contributed by atoms with van der Waals surface area (Å²) < 4.78 is 0. The highest BCUT2D eigenvalue weighted by molar-refractivity contribution is 5.85. The molecule has 0 saturated heterocycles. The smallest absolute Gasteiger partial charge is 0.00460 e. The first-order valence-electron chi connectivity index (χ1n) is 4.12. The molecule has 0 spiro atoms. The lowest BCUT2D eigenvalue weighted by atomic mass is 9.81. The van der Waals surface area contributed by atoms with Crippen molar-refractivity contribution in [1.82, 2.24) is 0 Å². The summed E-state index contributed by atoms with van der Waals surface area (Å²) in [5.74, 6) is 3.08. The number of rotatable bonds is 2. The Hall–Kier alpha value is 0.250. The first-order chi connectivity index (χ1) is 4.42. The van der Waals surface area contributed by atoms with Crippen molar-refractivity contribution in [1.29, 1.82) is 0 Å². The average molecular weight is 162 g/mol. The molecule has 0 heterocycles. The Balaban J connectivity index is 0.000000500. The van der Waals surface area contributed by atoms with E-state index >= 15 is 0 Å². The fraction of sp³-hybridized carbons (Fsp3) is 1.00. The molecule has 2 saturated carbocycles. The van der Waals surface area contributed by atoms with Gasteiger partial charge in [-0.25, -0.2) is 0 Å². The third-order valence-corrected chi connectivity index (χ3v) is 3.04. The Kier molecular flexibility index (Phi) is 2.59. The number of hydrogen-bond donors (Lipinski definition) is 1. The van der Waals surface area contributed by atoms with Crippen LogP contribution in [-0.2, 0) is 0 Å². The molecule has 0 radical (unpaired) electrons. The fourth-order valence-corrected chi connectivity index (χ4v) is 1.99. The third kappa shape index (κ3) is 1.30. The van der Waals surface area contributed by atoms with Crippen LogP contribution in [0, 0.1) is 17.8 Å². The highest BCUT2D eigenvalue weighted by Crippen LogP contribution is 2.50. The third-order valence-electron chi connectivity index (χ3n) is 3.04. The summed E-state index contributed by atoms with van der Waals surface area (Å²) in [6.07, 6.45) is 5.93. The molecule has 2 N–H and O–H groups in total. The van der Waals surface area contributed by atoms with Gasteiger partial charge < -0.3 is 5.73 Å². The predicted molar refractivity (Wildman–Crippen MR) is 45.2 cm³/mol. The Bertz CT molecular complexity index is 112. The first-order valence-corrected chi connectivity index (χ1v) is 4.12. The molecule has 0 aromatic rings. The number of hydrogen-bond acceptors (Lipinski definition) is 1. The minimum absolute atomic E-state index is 0. The zero-order chi connectivity index (χ0) is 6.27. The summed E-state index contributed by atoms with van der Waals surface area (Å²) in [5, 5.41) is 0. The van der Waals surface area contributed by atoms with Crippen molar-refractivity contribution in [2.75, 3.05) is 6.54 Å². The first kappa shape index (κ1) is 8.35. The number of halogens is 1. The summed E-state index contributed by atoms with van der Waals surface area (Å²) in [5.41, 5.74) is 5.54. The van der Waals surface area contributed by atoms with Crippen molar-refractivity contribution in [2.24, 2.45) is 23.5 Å². The van der Waals surface area contributed by atoms with E-state index < -0.39 is 0 Å². The van der Waals surface area contributed by atoms with Crippen LogP contribution in [0.1, 0.15) is 25.7 Å². The average Bonchev–Trinajstić information content (AvgIpc) is 2.42. The van der Waals surface area contributed by atoms with Crippen LogP contribution in [0.15, 0.2) is 0 Å². The Morgan fingerprint density at radius 3 is 2.30 bits per heavy atom. The van der Waals surface area contributed by atoms with Crippen molar-refractivity contribution < 1.29 is 0 Å². The lowest BCUT2D eigenvalue weighted by Gasteiger charge is -2.25. The van der Waals surface area contributed by atoms with Gasteiger partial charge in [-0.3, -0.25) is 0 Å². The molecule has 2 heteroatoms. The van der Waals surface area contributed by atoms with E-state index in [1.807, 2.05) is 0 Å². The molecule has 0 bridgehead atoms. The zero-order valence-electron chi connectivity index (χ0n) is 6.25. The van der Waals surface area contributed by atoms with Gasteiger partial charge in [-0.2, -0.15) is 0 Å². The normalized spacial score (nSPS) is 38.1. The second kappa shape index (κ2) is 3.10. The van der Waals surface area contributed by atoms with Gasteiger partial charge >= 0.3 is 0 Å². The second-order valence-electron chi connectivity index (χ2n) is 3.59. The van der Waals surface area contributed by atoms with E-state index in [0.29, 0.717) is 0 Å². The summed E-state index contributed by atoms with van der Waals surface area (Å²) in [7, 11) is 0. The molecule has 60 valence electrons. The molecule has 0 amide bonds. The van der Waals surface area contributed by atoms with E-state index in [1.165, 1.54) is 25.7 Å². The van der Waals surface area contributed by atoms with E-state index in [2.05, 4.69) is 0 Å². The quantitative estimate of drug-likeness (QED) is 0.657. The molecule has 2 aliphatic carbocycles. The van der Waals surface area contributed by atoms with Gasteiger partial charge in [0.2, 0.25) is 0 Å². The van der Waals surface area contributed by atoms with Crippen molar-refractivity contribution >= 4 is 12.4 Å². The van der Waals surface area contributed by atoms with Crippen molar-refractivity contribution in [3.63, 3.8) is 0 Å². The Labute approximate surface area is 68.8 Å².